The topological polar surface area (TPSA) is 23.5 Å². The van der Waals surface area contributed by atoms with Crippen LogP contribution < -0.4 is 0 Å². The van der Waals surface area contributed by atoms with Gasteiger partial charge in [0.1, 0.15) is 0 Å². The molecule has 1 aromatic carbocycles. The van der Waals surface area contributed by atoms with Gasteiger partial charge in [-0.1, -0.05) is 30.3 Å². The molecule has 1 aromatic rings. The van der Waals surface area contributed by atoms with E-state index >= 15 is 0 Å². The second kappa shape index (κ2) is 6.18. The molecule has 2 heteroatoms. The van der Waals surface area contributed by atoms with E-state index in [2.05, 4.69) is 42.2 Å². The van der Waals surface area contributed by atoms with Crippen molar-refractivity contribution in [3.63, 3.8) is 0 Å². The van der Waals surface area contributed by atoms with Gasteiger partial charge in [0.25, 0.3) is 0 Å². The summed E-state index contributed by atoms with van der Waals surface area (Å²) in [6.07, 6.45) is 4.71. The average Bonchev–Trinajstić information content (AvgIpc) is 2.85. The third-order valence-electron chi connectivity index (χ3n) is 3.89. The molecule has 94 valence electrons. The molecule has 1 aliphatic heterocycles. The highest BCUT2D eigenvalue weighted by atomic mass is 16.3. The number of hydrogen-bond donors (Lipinski definition) is 1. The molecule has 1 N–H and O–H groups in total. The number of benzene rings is 1. The van der Waals surface area contributed by atoms with E-state index in [4.69, 9.17) is 0 Å². The first-order chi connectivity index (χ1) is 8.31. The standard InChI is InChI=1S/C15H23NO/c1-13(16-11-5-8-15(16)12-17)9-10-14-6-3-2-4-7-14/h2-4,6-7,13,15,17H,5,8-12H2,1H3/t13-,15-/m0/s1. The third kappa shape index (κ3) is 3.30. The van der Waals surface area contributed by atoms with Crippen LogP contribution in [0.1, 0.15) is 31.7 Å². The van der Waals surface area contributed by atoms with E-state index in [-0.39, 0.29) is 0 Å². The smallest absolute Gasteiger partial charge is 0.0586 e. The molecular formula is C15H23NO. The summed E-state index contributed by atoms with van der Waals surface area (Å²) in [6.45, 7) is 3.76. The maximum absolute atomic E-state index is 9.33. The summed E-state index contributed by atoms with van der Waals surface area (Å²) < 4.78 is 0. The molecule has 0 unspecified atom stereocenters. The lowest BCUT2D eigenvalue weighted by atomic mass is 10.0. The van der Waals surface area contributed by atoms with Crippen LogP contribution in [-0.4, -0.2) is 35.2 Å². The Balaban J connectivity index is 1.83. The Morgan fingerprint density at radius 2 is 2.12 bits per heavy atom. The van der Waals surface area contributed by atoms with Crippen LogP contribution in [0, 0.1) is 0 Å². The van der Waals surface area contributed by atoms with Gasteiger partial charge < -0.3 is 5.11 Å². The zero-order valence-electron chi connectivity index (χ0n) is 10.7. The van der Waals surface area contributed by atoms with Gasteiger partial charge >= 0.3 is 0 Å². The summed E-state index contributed by atoms with van der Waals surface area (Å²) in [6, 6.07) is 11.6. The molecule has 1 aliphatic rings. The van der Waals surface area contributed by atoms with Gasteiger partial charge in [-0.2, -0.15) is 0 Å². The number of nitrogens with zero attached hydrogens (tertiary/aromatic N) is 1. The van der Waals surface area contributed by atoms with E-state index in [1.165, 1.54) is 18.4 Å². The van der Waals surface area contributed by atoms with Crippen molar-refractivity contribution in [2.75, 3.05) is 13.2 Å². The van der Waals surface area contributed by atoms with Crippen molar-refractivity contribution in [3.8, 4) is 0 Å². The lowest BCUT2D eigenvalue weighted by Crippen LogP contribution is -2.39. The molecule has 1 saturated heterocycles. The molecular weight excluding hydrogens is 210 g/mol. The summed E-state index contributed by atoms with van der Waals surface area (Å²) in [5.41, 5.74) is 1.42. The van der Waals surface area contributed by atoms with Crippen molar-refractivity contribution < 1.29 is 5.11 Å². The maximum atomic E-state index is 9.33. The summed E-state index contributed by atoms with van der Waals surface area (Å²) in [7, 11) is 0. The van der Waals surface area contributed by atoms with E-state index in [0.717, 1.165) is 19.4 Å². The Hall–Kier alpha value is -0.860. The lowest BCUT2D eigenvalue weighted by molar-refractivity contribution is 0.122. The first-order valence-electron chi connectivity index (χ1n) is 6.72. The average molecular weight is 233 g/mol. The summed E-state index contributed by atoms with van der Waals surface area (Å²) in [4.78, 5) is 2.48. The van der Waals surface area contributed by atoms with Crippen molar-refractivity contribution >= 4 is 0 Å². The molecule has 0 saturated carbocycles. The zero-order valence-corrected chi connectivity index (χ0v) is 10.7. The van der Waals surface area contributed by atoms with E-state index in [9.17, 15) is 5.11 Å². The van der Waals surface area contributed by atoms with Crippen molar-refractivity contribution in [3.05, 3.63) is 35.9 Å². The minimum absolute atomic E-state index is 0.315. The minimum Gasteiger partial charge on any atom is -0.395 e. The van der Waals surface area contributed by atoms with E-state index in [1.54, 1.807) is 0 Å². The number of aryl methyl sites for hydroxylation is 1. The monoisotopic (exact) mass is 233 g/mol. The van der Waals surface area contributed by atoms with Crippen LogP contribution in [0.4, 0.5) is 0 Å². The predicted octanol–water partition coefficient (Wildman–Crippen LogP) is 2.46. The molecule has 2 atom stereocenters. The van der Waals surface area contributed by atoms with Crippen molar-refractivity contribution in [2.24, 2.45) is 0 Å². The van der Waals surface area contributed by atoms with E-state index < -0.39 is 0 Å². The van der Waals surface area contributed by atoms with Crippen molar-refractivity contribution in [1.29, 1.82) is 0 Å². The molecule has 0 spiro atoms. The molecule has 0 aromatic heterocycles. The normalized spacial score (nSPS) is 22.8. The SMILES string of the molecule is C[C@@H](CCc1ccccc1)N1CCC[C@H]1CO. The fraction of sp³-hybridized carbons (Fsp3) is 0.600. The summed E-state index contributed by atoms with van der Waals surface area (Å²) >= 11 is 0. The molecule has 0 bridgehead atoms. The van der Waals surface area contributed by atoms with Crippen LogP contribution in [0.5, 0.6) is 0 Å². The van der Waals surface area contributed by atoms with Gasteiger partial charge in [0.2, 0.25) is 0 Å². The molecule has 2 nitrogen and oxygen atoms in total. The van der Waals surface area contributed by atoms with Crippen LogP contribution in [0.15, 0.2) is 30.3 Å². The molecule has 0 aliphatic carbocycles. The number of aliphatic hydroxyl groups is 1. The first-order valence-corrected chi connectivity index (χ1v) is 6.72. The Morgan fingerprint density at radius 3 is 2.82 bits per heavy atom. The van der Waals surface area contributed by atoms with Crippen molar-refractivity contribution in [1.82, 2.24) is 4.90 Å². The van der Waals surface area contributed by atoms with Crippen LogP contribution in [0.25, 0.3) is 0 Å². The lowest BCUT2D eigenvalue weighted by Gasteiger charge is -2.29. The molecule has 0 amide bonds. The van der Waals surface area contributed by atoms with E-state index in [1.807, 2.05) is 0 Å². The summed E-state index contributed by atoms with van der Waals surface area (Å²) in [5.74, 6) is 0. The van der Waals surface area contributed by atoms with Gasteiger partial charge in [0.15, 0.2) is 0 Å². The third-order valence-corrected chi connectivity index (χ3v) is 3.89. The molecule has 1 fully saturated rings. The largest absolute Gasteiger partial charge is 0.395 e. The fourth-order valence-electron chi connectivity index (χ4n) is 2.82. The van der Waals surface area contributed by atoms with Crippen LogP contribution >= 0.6 is 0 Å². The number of likely N-dealkylation sites (tertiary alicyclic amines) is 1. The van der Waals surface area contributed by atoms with Gasteiger partial charge in [-0.25, -0.2) is 0 Å². The zero-order chi connectivity index (χ0) is 12.1. The van der Waals surface area contributed by atoms with Crippen LogP contribution in [0.2, 0.25) is 0 Å². The molecule has 17 heavy (non-hydrogen) atoms. The Morgan fingerprint density at radius 1 is 1.35 bits per heavy atom. The van der Waals surface area contributed by atoms with Gasteiger partial charge in [-0.3, -0.25) is 4.90 Å². The molecule has 1 heterocycles. The Kier molecular flexibility index (Phi) is 4.57. The molecule has 0 radical (unpaired) electrons. The number of aliphatic hydroxyl groups excluding tert-OH is 1. The van der Waals surface area contributed by atoms with Crippen LogP contribution in [0.3, 0.4) is 0 Å². The highest BCUT2D eigenvalue weighted by Gasteiger charge is 2.27. The highest BCUT2D eigenvalue weighted by molar-refractivity contribution is 5.14. The quantitative estimate of drug-likeness (QED) is 0.844. The maximum Gasteiger partial charge on any atom is 0.0586 e. The Bertz CT molecular complexity index is 325. The minimum atomic E-state index is 0.315. The molecule has 2 rings (SSSR count). The van der Waals surface area contributed by atoms with E-state index in [0.29, 0.717) is 18.7 Å². The Labute approximate surface area is 104 Å². The van der Waals surface area contributed by atoms with Gasteiger partial charge in [-0.15, -0.1) is 0 Å². The van der Waals surface area contributed by atoms with Crippen LogP contribution in [-0.2, 0) is 6.42 Å². The van der Waals surface area contributed by atoms with Gasteiger partial charge in [-0.05, 0) is 44.7 Å². The summed E-state index contributed by atoms with van der Waals surface area (Å²) in [5, 5.41) is 9.33. The second-order valence-corrected chi connectivity index (χ2v) is 5.09. The van der Waals surface area contributed by atoms with Crippen molar-refractivity contribution in [2.45, 2.75) is 44.7 Å². The predicted molar refractivity (Wildman–Crippen MR) is 71.0 cm³/mol. The highest BCUT2D eigenvalue weighted by Crippen LogP contribution is 2.21. The fourth-order valence-corrected chi connectivity index (χ4v) is 2.82. The van der Waals surface area contributed by atoms with Gasteiger partial charge in [0.05, 0.1) is 6.61 Å². The first kappa shape index (κ1) is 12.6. The number of rotatable bonds is 5. The van der Waals surface area contributed by atoms with Gasteiger partial charge in [0, 0.05) is 12.1 Å². The number of hydrogen-bond acceptors (Lipinski definition) is 2. The second-order valence-electron chi connectivity index (χ2n) is 5.09.